The molecule has 1 aromatic rings. The zero-order valence-corrected chi connectivity index (χ0v) is 16.1. The molecule has 2 N–H and O–H groups in total. The van der Waals surface area contributed by atoms with Gasteiger partial charge in [-0.3, -0.25) is 4.79 Å². The predicted molar refractivity (Wildman–Crippen MR) is 101 cm³/mol. The van der Waals surface area contributed by atoms with Crippen LogP contribution >= 0.6 is 11.8 Å². The van der Waals surface area contributed by atoms with Crippen LogP contribution < -0.4 is 10.2 Å². The van der Waals surface area contributed by atoms with Crippen LogP contribution in [0.15, 0.2) is 6.20 Å². The van der Waals surface area contributed by atoms with Crippen LogP contribution in [0.4, 0.5) is 5.95 Å². The van der Waals surface area contributed by atoms with E-state index in [1.165, 1.54) is 11.8 Å². The third-order valence-electron chi connectivity index (χ3n) is 5.02. The zero-order chi connectivity index (χ0) is 18.0. The van der Waals surface area contributed by atoms with Gasteiger partial charge in [-0.2, -0.15) is 11.8 Å². The molecule has 1 fully saturated rings. The molecular weight excluding hydrogens is 336 g/mol. The summed E-state index contributed by atoms with van der Waals surface area (Å²) in [5.41, 5.74) is 2.19. The van der Waals surface area contributed by atoms with E-state index in [9.17, 15) is 9.90 Å². The molecule has 0 aromatic carbocycles. The summed E-state index contributed by atoms with van der Waals surface area (Å²) in [7, 11) is 0. The molecule has 0 spiro atoms. The second-order valence-electron chi connectivity index (χ2n) is 7.89. The molecule has 2 aliphatic rings. The zero-order valence-electron chi connectivity index (χ0n) is 15.3. The highest BCUT2D eigenvalue weighted by Crippen LogP contribution is 2.40. The summed E-state index contributed by atoms with van der Waals surface area (Å²) in [4.78, 5) is 23.6. The molecule has 0 radical (unpaired) electrons. The van der Waals surface area contributed by atoms with Crippen molar-refractivity contribution in [3.8, 4) is 0 Å². The first kappa shape index (κ1) is 18.5. The lowest BCUT2D eigenvalue weighted by molar-refractivity contribution is -0.119. The molecular formula is C18H28N4O2S. The van der Waals surface area contributed by atoms with Crippen molar-refractivity contribution in [2.45, 2.75) is 51.7 Å². The normalized spacial score (nSPS) is 23.2. The molecule has 1 amide bonds. The van der Waals surface area contributed by atoms with Gasteiger partial charge in [0.2, 0.25) is 11.9 Å². The molecule has 138 valence electrons. The lowest BCUT2D eigenvalue weighted by Crippen LogP contribution is -2.39. The van der Waals surface area contributed by atoms with Gasteiger partial charge < -0.3 is 15.3 Å². The van der Waals surface area contributed by atoms with Crippen molar-refractivity contribution in [3.63, 3.8) is 0 Å². The summed E-state index contributed by atoms with van der Waals surface area (Å²) < 4.78 is 0. The SMILES string of the molecule is CSCC(=O)NC1CC(C)(C)Cc2nc(N3CCC(O)CC3)ncc21. The number of anilines is 1. The number of amides is 1. The van der Waals surface area contributed by atoms with Gasteiger partial charge in [-0.25, -0.2) is 9.97 Å². The van der Waals surface area contributed by atoms with E-state index in [2.05, 4.69) is 29.0 Å². The molecule has 6 nitrogen and oxygen atoms in total. The number of carbonyl (C=O) groups is 1. The van der Waals surface area contributed by atoms with Crippen LogP contribution in [0.1, 0.15) is 50.4 Å². The number of thioether (sulfide) groups is 1. The fourth-order valence-corrected chi connectivity index (χ4v) is 4.10. The largest absolute Gasteiger partial charge is 0.393 e. The maximum absolute atomic E-state index is 12.1. The monoisotopic (exact) mass is 364 g/mol. The van der Waals surface area contributed by atoms with Crippen LogP contribution in [0.2, 0.25) is 0 Å². The van der Waals surface area contributed by atoms with E-state index in [-0.39, 0.29) is 23.5 Å². The van der Waals surface area contributed by atoms with Gasteiger partial charge in [0.05, 0.1) is 23.6 Å². The molecule has 0 bridgehead atoms. The number of carbonyl (C=O) groups excluding carboxylic acids is 1. The van der Waals surface area contributed by atoms with Crippen LogP contribution in [0.25, 0.3) is 0 Å². The van der Waals surface area contributed by atoms with Gasteiger partial charge in [0, 0.05) is 24.8 Å². The maximum atomic E-state index is 12.1. The van der Waals surface area contributed by atoms with Crippen molar-refractivity contribution >= 4 is 23.6 Å². The number of fused-ring (bicyclic) bond motifs is 1. The Morgan fingerprint density at radius 3 is 2.84 bits per heavy atom. The van der Waals surface area contributed by atoms with Gasteiger partial charge in [0.1, 0.15) is 0 Å². The van der Waals surface area contributed by atoms with E-state index in [4.69, 9.17) is 4.98 Å². The topological polar surface area (TPSA) is 78.4 Å². The van der Waals surface area contributed by atoms with Crippen molar-refractivity contribution < 1.29 is 9.90 Å². The smallest absolute Gasteiger partial charge is 0.230 e. The van der Waals surface area contributed by atoms with Crippen LogP contribution in [0.3, 0.4) is 0 Å². The van der Waals surface area contributed by atoms with E-state index in [1.807, 2.05) is 12.5 Å². The van der Waals surface area contributed by atoms with Gasteiger partial charge in [-0.1, -0.05) is 13.8 Å². The molecule has 1 unspecified atom stereocenters. The molecule has 7 heteroatoms. The van der Waals surface area contributed by atoms with Crippen LogP contribution in [-0.4, -0.2) is 52.2 Å². The number of hydrogen-bond donors (Lipinski definition) is 2. The fraction of sp³-hybridized carbons (Fsp3) is 0.722. The van der Waals surface area contributed by atoms with E-state index >= 15 is 0 Å². The van der Waals surface area contributed by atoms with Crippen LogP contribution in [0, 0.1) is 5.41 Å². The quantitative estimate of drug-likeness (QED) is 0.850. The lowest BCUT2D eigenvalue weighted by Gasteiger charge is -2.37. The van der Waals surface area contributed by atoms with E-state index in [0.29, 0.717) is 5.75 Å². The Kier molecular flexibility index (Phi) is 5.53. The highest BCUT2D eigenvalue weighted by molar-refractivity contribution is 7.99. The predicted octanol–water partition coefficient (Wildman–Crippen LogP) is 1.93. The Bertz CT molecular complexity index is 630. The van der Waals surface area contributed by atoms with E-state index in [1.54, 1.807) is 0 Å². The fourth-order valence-electron chi connectivity index (χ4n) is 3.75. The molecule has 1 aromatic heterocycles. The Balaban J connectivity index is 1.82. The third-order valence-corrected chi connectivity index (χ3v) is 5.57. The molecule has 1 aliphatic heterocycles. The second kappa shape index (κ2) is 7.50. The summed E-state index contributed by atoms with van der Waals surface area (Å²) in [5, 5.41) is 12.8. The first-order chi connectivity index (χ1) is 11.9. The summed E-state index contributed by atoms with van der Waals surface area (Å²) in [6.07, 6.45) is 6.94. The van der Waals surface area contributed by atoms with Gasteiger partial charge >= 0.3 is 0 Å². The van der Waals surface area contributed by atoms with Gasteiger partial charge in [0.15, 0.2) is 0 Å². The number of hydrogen-bond acceptors (Lipinski definition) is 6. The van der Waals surface area contributed by atoms with Gasteiger partial charge in [0.25, 0.3) is 0 Å². The van der Waals surface area contributed by atoms with E-state index in [0.717, 1.165) is 56.0 Å². The van der Waals surface area contributed by atoms with Crippen molar-refractivity contribution in [3.05, 3.63) is 17.5 Å². The van der Waals surface area contributed by atoms with Crippen molar-refractivity contribution in [2.75, 3.05) is 30.0 Å². The average molecular weight is 365 g/mol. The number of aliphatic hydroxyl groups excluding tert-OH is 1. The minimum Gasteiger partial charge on any atom is -0.393 e. The van der Waals surface area contributed by atoms with Crippen molar-refractivity contribution in [1.82, 2.24) is 15.3 Å². The van der Waals surface area contributed by atoms with Gasteiger partial charge in [-0.05, 0) is 37.4 Å². The number of rotatable bonds is 4. The number of aromatic nitrogens is 2. The lowest BCUT2D eigenvalue weighted by atomic mass is 9.74. The maximum Gasteiger partial charge on any atom is 0.230 e. The highest BCUT2D eigenvalue weighted by atomic mass is 32.2. The van der Waals surface area contributed by atoms with Crippen molar-refractivity contribution in [1.29, 1.82) is 0 Å². The van der Waals surface area contributed by atoms with Gasteiger partial charge in [-0.15, -0.1) is 0 Å². The summed E-state index contributed by atoms with van der Waals surface area (Å²) in [5.74, 6) is 1.29. The highest BCUT2D eigenvalue weighted by Gasteiger charge is 2.35. The molecule has 1 atom stereocenters. The molecule has 1 saturated heterocycles. The number of nitrogens with zero attached hydrogens (tertiary/aromatic N) is 3. The van der Waals surface area contributed by atoms with Crippen LogP contribution in [0.5, 0.6) is 0 Å². The molecule has 3 rings (SSSR count). The molecule has 2 heterocycles. The molecule has 1 aliphatic carbocycles. The number of piperidine rings is 1. The Labute approximate surface area is 153 Å². The molecule has 25 heavy (non-hydrogen) atoms. The summed E-state index contributed by atoms with van der Waals surface area (Å²) in [6.45, 7) is 6.03. The summed E-state index contributed by atoms with van der Waals surface area (Å²) >= 11 is 1.53. The number of aliphatic hydroxyl groups is 1. The summed E-state index contributed by atoms with van der Waals surface area (Å²) in [6, 6.07) is -0.0179. The number of nitrogens with one attached hydrogen (secondary N) is 1. The molecule has 0 saturated carbocycles. The average Bonchev–Trinajstić information content (AvgIpc) is 2.54. The minimum atomic E-state index is -0.205. The van der Waals surface area contributed by atoms with Crippen molar-refractivity contribution in [2.24, 2.45) is 5.41 Å². The van der Waals surface area contributed by atoms with Crippen LogP contribution in [-0.2, 0) is 11.2 Å². The Hall–Kier alpha value is -1.34. The minimum absolute atomic E-state index is 0.0179. The second-order valence-corrected chi connectivity index (χ2v) is 8.75. The Morgan fingerprint density at radius 1 is 1.44 bits per heavy atom. The van der Waals surface area contributed by atoms with E-state index < -0.39 is 0 Å². The Morgan fingerprint density at radius 2 is 2.16 bits per heavy atom. The third kappa shape index (κ3) is 4.44. The standard InChI is InChI=1S/C18H28N4O2S/c1-18(2)8-14(20-16(24)11-25-3)13-10-19-17(21-15(13)9-18)22-6-4-12(23)5-7-22/h10,12,14,23H,4-9,11H2,1-3H3,(H,20,24). The first-order valence-corrected chi connectivity index (χ1v) is 10.3. The first-order valence-electron chi connectivity index (χ1n) is 8.95.